The van der Waals surface area contributed by atoms with Crippen molar-refractivity contribution >= 4 is 23.4 Å². The molecule has 0 radical (unpaired) electrons. The molecule has 4 aromatic rings. The van der Waals surface area contributed by atoms with Crippen molar-refractivity contribution < 1.29 is 85.8 Å². The molecule has 2 atom stereocenters. The number of nitrogens with one attached hydrogen (secondary N) is 1. The topological polar surface area (TPSA) is 127 Å². The number of carbonyl (C=O) groups is 4. The van der Waals surface area contributed by atoms with E-state index in [0.29, 0.717) is 47.4 Å². The first-order chi connectivity index (χ1) is 33.5. The van der Waals surface area contributed by atoms with E-state index >= 15 is 0 Å². The summed E-state index contributed by atoms with van der Waals surface area (Å²) in [4.78, 5) is 46.5. The van der Waals surface area contributed by atoms with Crippen LogP contribution in [0.5, 0.6) is 0 Å². The van der Waals surface area contributed by atoms with Crippen LogP contribution in [0.1, 0.15) is 160 Å². The summed E-state index contributed by atoms with van der Waals surface area (Å²) >= 11 is 0. The smallest absolute Gasteiger partial charge is 0.435 e. The van der Waals surface area contributed by atoms with Crippen molar-refractivity contribution in [1.29, 1.82) is 0 Å². The Bertz CT molecular complexity index is 2660. The molecule has 0 aromatic heterocycles. The summed E-state index contributed by atoms with van der Waals surface area (Å²) in [7, 11) is 0. The van der Waals surface area contributed by atoms with Crippen LogP contribution in [0.15, 0.2) is 60.7 Å². The van der Waals surface area contributed by atoms with Crippen LogP contribution in [0, 0.1) is 13.8 Å². The van der Waals surface area contributed by atoms with Crippen molar-refractivity contribution in [1.82, 2.24) is 5.32 Å². The molecular formula is C53H58F14N2O5. The number of nitrogens with two attached hydrogens (primary N) is 1. The first-order valence-corrected chi connectivity index (χ1v) is 23.0. The molecule has 0 saturated heterocycles. The van der Waals surface area contributed by atoms with Gasteiger partial charge >= 0.3 is 36.0 Å². The van der Waals surface area contributed by atoms with Gasteiger partial charge in [0.05, 0.1) is 6.04 Å². The van der Waals surface area contributed by atoms with Crippen molar-refractivity contribution in [3.05, 3.63) is 139 Å². The number of benzene rings is 4. The number of carboxylic acids is 1. The van der Waals surface area contributed by atoms with Crippen LogP contribution in [0.4, 0.5) is 61.5 Å². The highest BCUT2D eigenvalue weighted by Gasteiger charge is 2.74. The van der Waals surface area contributed by atoms with Gasteiger partial charge < -0.3 is 16.2 Å². The number of hydrogen-bond donors (Lipinski definition) is 3. The van der Waals surface area contributed by atoms with Gasteiger partial charge in [0.1, 0.15) is 0 Å². The number of rotatable bonds is 11. The third kappa shape index (κ3) is 13.5. The lowest BCUT2D eigenvalue weighted by molar-refractivity contribution is -0.349. The number of carboxylic acid groups (broad SMARTS) is 1. The Kier molecular flexibility index (Phi) is 20.1. The maximum absolute atomic E-state index is 14.6. The summed E-state index contributed by atoms with van der Waals surface area (Å²) < 4.78 is 188. The van der Waals surface area contributed by atoms with Crippen molar-refractivity contribution in [3.63, 3.8) is 0 Å². The van der Waals surface area contributed by atoms with E-state index in [9.17, 15) is 75.8 Å². The fraction of sp³-hybridized carbons (Fsp3) is 0.472. The first kappa shape index (κ1) is 62.4. The molecule has 0 aliphatic heterocycles. The largest absolute Gasteiger partial charge is 0.481 e. The number of fused-ring (bicyclic) bond motifs is 2. The van der Waals surface area contributed by atoms with Gasteiger partial charge in [0, 0.05) is 55.0 Å². The summed E-state index contributed by atoms with van der Waals surface area (Å²) in [6.07, 6.45) is -20.5. The SMILES string of the molecule is C.CC(=O)O.CCc1cc(C(F)(C(F)(F)F)C(F)(F)F)cc(C)c1CC(=O)c1ccc2c(c1)CCCC2N.CCc1cc(C(F)(C(F)(F)F)C(F)(F)F)cc(C)c1CC(=O)c1ccc2c(c1)CCCC2NC(C)=O. The lowest BCUT2D eigenvalue weighted by Gasteiger charge is -2.31. The summed E-state index contributed by atoms with van der Waals surface area (Å²) in [5.41, 5.74) is -2.94. The maximum atomic E-state index is 14.6. The zero-order valence-corrected chi connectivity index (χ0v) is 40.4. The number of aryl methyl sites for hydroxylation is 6. The molecule has 2 aliphatic rings. The molecule has 0 spiro atoms. The van der Waals surface area contributed by atoms with Gasteiger partial charge in [-0.15, -0.1) is 0 Å². The lowest BCUT2D eigenvalue weighted by atomic mass is 9.84. The second-order valence-corrected chi connectivity index (χ2v) is 18.1. The van der Waals surface area contributed by atoms with Crippen LogP contribution in [-0.2, 0) is 59.5 Å². The van der Waals surface area contributed by atoms with Crippen molar-refractivity contribution in [2.45, 2.75) is 161 Å². The molecule has 74 heavy (non-hydrogen) atoms. The van der Waals surface area contributed by atoms with E-state index in [1.165, 1.54) is 34.6 Å². The van der Waals surface area contributed by atoms with E-state index in [-0.39, 0.29) is 90.5 Å². The highest BCUT2D eigenvalue weighted by Crippen LogP contribution is 2.55. The van der Waals surface area contributed by atoms with Gasteiger partial charge in [-0.3, -0.25) is 19.2 Å². The van der Waals surface area contributed by atoms with E-state index in [0.717, 1.165) is 61.3 Å². The van der Waals surface area contributed by atoms with Crippen molar-refractivity contribution in [3.8, 4) is 0 Å². The number of carbonyl (C=O) groups excluding carboxylic acids is 3. The first-order valence-electron chi connectivity index (χ1n) is 23.0. The number of hydrogen-bond acceptors (Lipinski definition) is 5. The lowest BCUT2D eigenvalue weighted by Crippen LogP contribution is -2.50. The molecule has 6 rings (SSSR count). The Balaban J connectivity index is 0.000000360. The highest BCUT2D eigenvalue weighted by molar-refractivity contribution is 5.99. The molecule has 0 fully saturated rings. The monoisotopic (exact) mass is 1070 g/mol. The molecule has 4 aromatic carbocycles. The average Bonchev–Trinajstić information content (AvgIpc) is 3.27. The average molecular weight is 1070 g/mol. The fourth-order valence-corrected chi connectivity index (χ4v) is 9.22. The van der Waals surface area contributed by atoms with Crippen LogP contribution in [0.25, 0.3) is 0 Å². The van der Waals surface area contributed by atoms with Gasteiger partial charge in [0.2, 0.25) is 5.91 Å². The molecule has 0 bridgehead atoms. The van der Waals surface area contributed by atoms with Crippen LogP contribution >= 0.6 is 0 Å². The molecule has 4 N–H and O–H groups in total. The number of alkyl halides is 14. The Morgan fingerprint density at radius 3 is 1.28 bits per heavy atom. The Hall–Kier alpha value is -5.86. The Labute approximate surface area is 419 Å². The van der Waals surface area contributed by atoms with Crippen LogP contribution in [0.2, 0.25) is 0 Å². The summed E-state index contributed by atoms with van der Waals surface area (Å²) in [5.74, 6) is -1.71. The summed E-state index contributed by atoms with van der Waals surface area (Å²) in [5, 5.41) is 10.3. The Morgan fingerprint density at radius 1 is 0.581 bits per heavy atom. The molecule has 0 heterocycles. The van der Waals surface area contributed by atoms with Crippen LogP contribution in [0.3, 0.4) is 0 Å². The normalized spacial score (nSPS) is 16.0. The number of aliphatic carboxylic acids is 1. The standard InChI is InChI=1S/C26H26F7NO2.C24H24F7NO.C2H4O2.CH4/c1-4-16-12-19(24(27,25(28,29)30)26(31,32)33)10-14(2)21(16)13-23(36)18-8-9-20-17(11-18)6-5-7-22(20)34-15(3)35;1-3-14-11-17(22(25,23(26,27)28)24(29,30)31)9-13(2)19(14)12-21(33)16-7-8-18-15(10-16)5-4-6-20(18)32;1-2(3)4;/h8-12,22H,4-7,13H2,1-3H3,(H,34,35);7-11,20H,3-6,12,32H2,1-2H3;1H3,(H,3,4);1H4. The predicted octanol–water partition coefficient (Wildman–Crippen LogP) is 14.1. The van der Waals surface area contributed by atoms with E-state index in [1.54, 1.807) is 36.4 Å². The minimum absolute atomic E-state index is 0. The molecule has 1 amide bonds. The van der Waals surface area contributed by atoms with E-state index in [2.05, 4.69) is 5.32 Å². The molecular weight excluding hydrogens is 1010 g/mol. The quantitative estimate of drug-likeness (QED) is 0.101. The number of ketones is 2. The van der Waals surface area contributed by atoms with Crippen molar-refractivity contribution in [2.24, 2.45) is 5.73 Å². The van der Waals surface area contributed by atoms with Gasteiger partial charge in [-0.2, -0.15) is 52.7 Å². The Morgan fingerprint density at radius 2 is 0.932 bits per heavy atom. The number of amides is 1. The fourth-order valence-electron chi connectivity index (χ4n) is 9.22. The second-order valence-electron chi connectivity index (χ2n) is 18.1. The minimum Gasteiger partial charge on any atom is -0.481 e. The van der Waals surface area contributed by atoms with E-state index in [4.69, 9.17) is 15.6 Å². The third-order valence-electron chi connectivity index (χ3n) is 12.9. The van der Waals surface area contributed by atoms with E-state index < -0.39 is 53.1 Å². The maximum Gasteiger partial charge on any atom is 0.435 e. The van der Waals surface area contributed by atoms with Crippen LogP contribution in [-0.4, -0.2) is 53.3 Å². The van der Waals surface area contributed by atoms with Crippen LogP contribution < -0.4 is 11.1 Å². The minimum atomic E-state index is -6.21. The van der Waals surface area contributed by atoms with Gasteiger partial charge in [-0.05, 0) is 133 Å². The molecule has 408 valence electrons. The summed E-state index contributed by atoms with van der Waals surface area (Å²) in [6.45, 7) is 8.08. The number of Topliss-reactive ketones (excluding diaryl/α,β-unsaturated/α-hetero) is 2. The zero-order chi connectivity index (χ0) is 55.4. The highest BCUT2D eigenvalue weighted by atomic mass is 19.4. The summed E-state index contributed by atoms with van der Waals surface area (Å²) in [6, 6.07) is 12.1. The molecule has 2 aliphatic carbocycles. The predicted molar refractivity (Wildman–Crippen MR) is 249 cm³/mol. The van der Waals surface area contributed by atoms with E-state index in [1.807, 2.05) is 0 Å². The second kappa shape index (κ2) is 23.8. The third-order valence-corrected chi connectivity index (χ3v) is 12.9. The number of halogens is 14. The van der Waals surface area contributed by atoms with Gasteiger partial charge in [-0.1, -0.05) is 69.8 Å². The molecule has 2 unspecified atom stereocenters. The van der Waals surface area contributed by atoms with Crippen molar-refractivity contribution in [2.75, 3.05) is 0 Å². The van der Waals surface area contributed by atoms with Gasteiger partial charge in [0.25, 0.3) is 5.97 Å². The molecule has 21 heteroatoms. The molecule has 0 saturated carbocycles. The molecule has 7 nitrogen and oxygen atoms in total. The van der Waals surface area contributed by atoms with Gasteiger partial charge in [0.15, 0.2) is 11.6 Å². The zero-order valence-electron chi connectivity index (χ0n) is 40.4. The van der Waals surface area contributed by atoms with Gasteiger partial charge in [-0.25, -0.2) is 8.78 Å².